The molecule has 0 radical (unpaired) electrons. The van der Waals surface area contributed by atoms with E-state index in [1.54, 1.807) is 0 Å². The molecule has 0 aromatic heterocycles. The highest BCUT2D eigenvalue weighted by molar-refractivity contribution is 9.09. The Morgan fingerprint density at radius 2 is 2.00 bits per heavy atom. The second-order valence-electron chi connectivity index (χ2n) is 1.93. The monoisotopic (exact) mass is 258 g/mol. The first-order valence-corrected chi connectivity index (χ1v) is 4.89. The minimum atomic E-state index is 0.220. The molecule has 0 saturated carbocycles. The van der Waals surface area contributed by atoms with Crippen molar-refractivity contribution in [2.45, 2.75) is 30.1 Å². The molecule has 0 N–H and O–H groups in total. The summed E-state index contributed by atoms with van der Waals surface area (Å²) in [6.07, 6.45) is 1.01. The molecule has 1 nitrogen and oxygen atoms in total. The lowest BCUT2D eigenvalue weighted by molar-refractivity contribution is 0.119. The van der Waals surface area contributed by atoms with Gasteiger partial charge in [0.25, 0.3) is 0 Å². The van der Waals surface area contributed by atoms with Crippen molar-refractivity contribution >= 4 is 31.9 Å². The van der Waals surface area contributed by atoms with Crippen molar-refractivity contribution in [2.24, 2.45) is 0 Å². The lowest BCUT2D eigenvalue weighted by Crippen LogP contribution is -2.09. The van der Waals surface area contributed by atoms with Crippen LogP contribution in [0.1, 0.15) is 20.3 Å². The Kier molecular flexibility index (Phi) is 6.27. The van der Waals surface area contributed by atoms with Gasteiger partial charge in [-0.25, -0.2) is 0 Å². The van der Waals surface area contributed by atoms with Crippen LogP contribution in [-0.4, -0.2) is 16.4 Å². The number of hydrogen-bond acceptors (Lipinski definition) is 1. The average molecular weight is 260 g/mol. The fourth-order valence-electron chi connectivity index (χ4n) is 0.355. The zero-order valence-corrected chi connectivity index (χ0v) is 8.91. The zero-order chi connectivity index (χ0) is 7.28. The first kappa shape index (κ1) is 9.92. The lowest BCUT2D eigenvalue weighted by atomic mass is 10.5. The van der Waals surface area contributed by atoms with Gasteiger partial charge in [0.05, 0.1) is 6.61 Å². The number of rotatable bonds is 4. The third kappa shape index (κ3) is 6.81. The van der Waals surface area contributed by atoms with E-state index in [2.05, 4.69) is 45.7 Å². The fraction of sp³-hybridized carbons (Fsp3) is 1.00. The van der Waals surface area contributed by atoms with Gasteiger partial charge in [0.15, 0.2) is 0 Å². The Balaban J connectivity index is 3.06. The van der Waals surface area contributed by atoms with E-state index >= 15 is 0 Å². The Hall–Kier alpha value is 0.920. The van der Waals surface area contributed by atoms with Gasteiger partial charge in [-0.15, -0.1) is 0 Å². The SMILES string of the molecule is CCC(Br)OCC(C)Br. The van der Waals surface area contributed by atoms with E-state index in [9.17, 15) is 0 Å². The van der Waals surface area contributed by atoms with E-state index in [1.807, 2.05) is 0 Å². The molecule has 0 rings (SSSR count). The minimum absolute atomic E-state index is 0.220. The normalized spacial score (nSPS) is 17.3. The molecule has 2 atom stereocenters. The summed E-state index contributed by atoms with van der Waals surface area (Å²) >= 11 is 6.75. The van der Waals surface area contributed by atoms with Crippen molar-refractivity contribution < 1.29 is 4.74 Å². The van der Waals surface area contributed by atoms with Gasteiger partial charge in [-0.3, -0.25) is 0 Å². The third-order valence-electron chi connectivity index (χ3n) is 0.828. The van der Waals surface area contributed by atoms with E-state index in [0.29, 0.717) is 4.83 Å². The van der Waals surface area contributed by atoms with Gasteiger partial charge in [0, 0.05) is 4.83 Å². The molecule has 0 saturated heterocycles. The smallest absolute Gasteiger partial charge is 0.112 e. The summed E-state index contributed by atoms with van der Waals surface area (Å²) in [4.78, 5) is 0.448. The molecule has 0 heterocycles. The van der Waals surface area contributed by atoms with Gasteiger partial charge >= 0.3 is 0 Å². The first-order chi connectivity index (χ1) is 4.16. The molecule has 0 aliphatic rings. The Labute approximate surface area is 73.4 Å². The predicted octanol–water partition coefficient (Wildman–Crippen LogP) is 2.92. The van der Waals surface area contributed by atoms with Crippen molar-refractivity contribution in [3.05, 3.63) is 0 Å². The molecule has 0 bridgehead atoms. The van der Waals surface area contributed by atoms with E-state index in [1.165, 1.54) is 0 Å². The molecule has 9 heavy (non-hydrogen) atoms. The molecule has 0 aliphatic heterocycles. The predicted molar refractivity (Wildman–Crippen MR) is 47.3 cm³/mol. The van der Waals surface area contributed by atoms with Crippen LogP contribution < -0.4 is 0 Å². The molecule has 0 aromatic rings. The average Bonchev–Trinajstić information content (AvgIpc) is 1.83. The number of hydrogen-bond donors (Lipinski definition) is 0. The van der Waals surface area contributed by atoms with Gasteiger partial charge in [-0.2, -0.15) is 0 Å². The van der Waals surface area contributed by atoms with Gasteiger partial charge in [0.1, 0.15) is 5.01 Å². The molecular formula is C6H12Br2O. The maximum absolute atomic E-state index is 5.32. The largest absolute Gasteiger partial charge is 0.366 e. The summed E-state index contributed by atoms with van der Waals surface area (Å²) < 4.78 is 5.32. The van der Waals surface area contributed by atoms with Crippen LogP contribution >= 0.6 is 31.9 Å². The Morgan fingerprint density at radius 1 is 1.44 bits per heavy atom. The van der Waals surface area contributed by atoms with Crippen LogP contribution in [0, 0.1) is 0 Å². The Morgan fingerprint density at radius 3 is 2.33 bits per heavy atom. The van der Waals surface area contributed by atoms with Crippen molar-refractivity contribution in [3.8, 4) is 0 Å². The van der Waals surface area contributed by atoms with Crippen LogP contribution in [-0.2, 0) is 4.74 Å². The van der Waals surface area contributed by atoms with Crippen molar-refractivity contribution in [2.75, 3.05) is 6.61 Å². The summed E-state index contributed by atoms with van der Waals surface area (Å²) in [6.45, 7) is 4.91. The standard InChI is InChI=1S/C6H12Br2O/c1-3-6(8)9-4-5(2)7/h5-6H,3-4H2,1-2H3. The van der Waals surface area contributed by atoms with Crippen LogP contribution in [0.5, 0.6) is 0 Å². The van der Waals surface area contributed by atoms with E-state index in [4.69, 9.17) is 4.74 Å². The van der Waals surface area contributed by atoms with Gasteiger partial charge < -0.3 is 4.74 Å². The highest BCUT2D eigenvalue weighted by Gasteiger charge is 2.01. The molecule has 0 fully saturated rings. The van der Waals surface area contributed by atoms with Crippen molar-refractivity contribution in [1.82, 2.24) is 0 Å². The molecule has 56 valence electrons. The summed E-state index contributed by atoms with van der Waals surface area (Å²) in [5, 5.41) is 0.220. The fourth-order valence-corrected chi connectivity index (χ4v) is 0.660. The van der Waals surface area contributed by atoms with Crippen LogP contribution in [0.15, 0.2) is 0 Å². The van der Waals surface area contributed by atoms with E-state index in [-0.39, 0.29) is 5.01 Å². The number of ether oxygens (including phenoxy) is 1. The highest BCUT2D eigenvalue weighted by Crippen LogP contribution is 2.08. The summed E-state index contributed by atoms with van der Waals surface area (Å²) in [5.41, 5.74) is 0. The third-order valence-corrected chi connectivity index (χ3v) is 2.00. The van der Waals surface area contributed by atoms with Crippen LogP contribution in [0.2, 0.25) is 0 Å². The topological polar surface area (TPSA) is 9.23 Å². The van der Waals surface area contributed by atoms with Crippen LogP contribution in [0.4, 0.5) is 0 Å². The minimum Gasteiger partial charge on any atom is -0.366 e. The van der Waals surface area contributed by atoms with Crippen LogP contribution in [0.3, 0.4) is 0 Å². The molecule has 0 aromatic carbocycles. The van der Waals surface area contributed by atoms with Crippen molar-refractivity contribution in [1.29, 1.82) is 0 Å². The van der Waals surface area contributed by atoms with Gasteiger partial charge in [-0.1, -0.05) is 45.7 Å². The quantitative estimate of drug-likeness (QED) is 0.706. The summed E-state index contributed by atoms with van der Waals surface area (Å²) in [6, 6.07) is 0. The molecule has 0 aliphatic carbocycles. The van der Waals surface area contributed by atoms with E-state index in [0.717, 1.165) is 13.0 Å². The molecule has 3 heteroatoms. The van der Waals surface area contributed by atoms with Crippen LogP contribution in [0.25, 0.3) is 0 Å². The summed E-state index contributed by atoms with van der Waals surface area (Å²) in [7, 11) is 0. The molecular weight excluding hydrogens is 248 g/mol. The first-order valence-electron chi connectivity index (χ1n) is 3.06. The Bertz CT molecular complexity index is 66.1. The number of alkyl halides is 2. The second-order valence-corrected chi connectivity index (χ2v) is 4.52. The van der Waals surface area contributed by atoms with Gasteiger partial charge in [0.2, 0.25) is 0 Å². The molecule has 0 spiro atoms. The van der Waals surface area contributed by atoms with Crippen molar-refractivity contribution in [3.63, 3.8) is 0 Å². The molecule has 2 unspecified atom stereocenters. The van der Waals surface area contributed by atoms with Gasteiger partial charge in [-0.05, 0) is 6.42 Å². The maximum Gasteiger partial charge on any atom is 0.112 e. The van der Waals surface area contributed by atoms with E-state index < -0.39 is 0 Å². The highest BCUT2D eigenvalue weighted by atomic mass is 79.9. The molecule has 0 amide bonds. The zero-order valence-electron chi connectivity index (χ0n) is 5.73. The second kappa shape index (κ2) is 5.69. The number of halogens is 2. The lowest BCUT2D eigenvalue weighted by Gasteiger charge is -2.09. The summed E-state index contributed by atoms with van der Waals surface area (Å²) in [5.74, 6) is 0. The maximum atomic E-state index is 5.32.